The summed E-state index contributed by atoms with van der Waals surface area (Å²) < 4.78 is 0.494. The second-order valence-corrected chi connectivity index (χ2v) is 3.34. The lowest BCUT2D eigenvalue weighted by Gasteiger charge is -2.29. The molecule has 1 atom stereocenters. The Labute approximate surface area is 74.0 Å². The largest absolute Gasteiger partial charge is 1.00 e. The zero-order valence-electron chi connectivity index (χ0n) is 7.25. The number of carbonyl (C=O) groups is 1. The Bertz CT molecular complexity index is 111. The lowest BCUT2D eigenvalue weighted by Crippen LogP contribution is -3.00. The first-order chi connectivity index (χ1) is 4.48. The lowest BCUT2D eigenvalue weighted by atomic mass is 10.2. The third-order valence-corrected chi connectivity index (χ3v) is 1.44. The van der Waals surface area contributed by atoms with Gasteiger partial charge in [-0.2, -0.15) is 0 Å². The monoisotopic (exact) mass is 181 g/mol. The third-order valence-electron chi connectivity index (χ3n) is 1.44. The molecule has 0 rings (SSSR count). The second kappa shape index (κ2) is 5.52. The molecule has 0 saturated heterocycles. The summed E-state index contributed by atoms with van der Waals surface area (Å²) >= 11 is 0. The molecule has 0 aliphatic rings. The van der Waals surface area contributed by atoms with E-state index in [4.69, 9.17) is 0 Å². The predicted octanol–water partition coefficient (Wildman–Crippen LogP) is -3.01. The summed E-state index contributed by atoms with van der Waals surface area (Å²) in [5.74, 6) is 0. The number of carbonyl (C=O) groups excluding carboxylic acids is 1. The zero-order chi connectivity index (χ0) is 8.20. The van der Waals surface area contributed by atoms with Gasteiger partial charge in [0.15, 0.2) is 6.23 Å². The van der Waals surface area contributed by atoms with Gasteiger partial charge in [-0.25, -0.2) is 0 Å². The number of quaternary nitrogens is 1. The van der Waals surface area contributed by atoms with Crippen LogP contribution in [-0.2, 0) is 4.79 Å². The maximum atomic E-state index is 9.92. The minimum Gasteiger partial charge on any atom is -1.00 e. The van der Waals surface area contributed by atoms with E-state index in [0.717, 1.165) is 6.29 Å². The molecule has 11 heavy (non-hydrogen) atoms. The van der Waals surface area contributed by atoms with Crippen LogP contribution in [0.3, 0.4) is 0 Å². The third kappa shape index (κ3) is 6.28. The molecule has 0 aromatic rings. The van der Waals surface area contributed by atoms with E-state index in [2.05, 4.69) is 0 Å². The van der Waals surface area contributed by atoms with Crippen LogP contribution >= 0.6 is 0 Å². The number of hydrogen-bond donors (Lipinski definition) is 1. The highest BCUT2D eigenvalue weighted by Gasteiger charge is 2.18. The van der Waals surface area contributed by atoms with E-state index in [1.807, 2.05) is 21.1 Å². The highest BCUT2D eigenvalue weighted by Crippen LogP contribution is 2.04. The molecule has 1 N–H and O–H groups in total. The van der Waals surface area contributed by atoms with Crippen molar-refractivity contribution in [1.82, 2.24) is 0 Å². The summed E-state index contributed by atoms with van der Waals surface area (Å²) in [6, 6.07) is 0. The highest BCUT2D eigenvalue weighted by molar-refractivity contribution is 5.49. The van der Waals surface area contributed by atoms with Gasteiger partial charge in [0, 0.05) is 12.8 Å². The normalized spacial score (nSPS) is 13.5. The van der Waals surface area contributed by atoms with E-state index in [9.17, 15) is 9.90 Å². The number of halogens is 1. The molecule has 0 aromatic carbocycles. The predicted molar refractivity (Wildman–Crippen MR) is 39.3 cm³/mol. The Balaban J connectivity index is 0. The van der Waals surface area contributed by atoms with Crippen molar-refractivity contribution < 1.29 is 26.8 Å². The van der Waals surface area contributed by atoms with E-state index in [1.165, 1.54) is 0 Å². The maximum Gasteiger partial charge on any atom is 0.190 e. The summed E-state index contributed by atoms with van der Waals surface area (Å²) in [4.78, 5) is 9.92. The first-order valence-corrected chi connectivity index (χ1v) is 3.41. The average molecular weight is 182 g/mol. The van der Waals surface area contributed by atoms with Crippen molar-refractivity contribution >= 4 is 6.29 Å². The Hall–Kier alpha value is -0.120. The Kier molecular flexibility index (Phi) is 6.76. The van der Waals surface area contributed by atoms with Crippen LogP contribution in [0.15, 0.2) is 0 Å². The minimum atomic E-state index is -0.426. The first kappa shape index (κ1) is 13.5. The van der Waals surface area contributed by atoms with Gasteiger partial charge in [0.05, 0.1) is 21.1 Å². The molecule has 4 heteroatoms. The minimum absolute atomic E-state index is 0. The van der Waals surface area contributed by atoms with Crippen molar-refractivity contribution in [3.63, 3.8) is 0 Å². The average Bonchev–Trinajstić information content (AvgIpc) is 1.80. The van der Waals surface area contributed by atoms with Crippen LogP contribution in [-0.4, -0.2) is 43.2 Å². The molecule has 0 fully saturated rings. The molecule has 0 heterocycles. The van der Waals surface area contributed by atoms with Gasteiger partial charge in [-0.3, -0.25) is 0 Å². The Morgan fingerprint density at radius 1 is 1.45 bits per heavy atom. The first-order valence-electron chi connectivity index (χ1n) is 3.41. The van der Waals surface area contributed by atoms with Crippen molar-refractivity contribution in [2.24, 2.45) is 0 Å². The molecular formula is C7H16ClNO2. The molecule has 0 aromatic heterocycles. The fourth-order valence-electron chi connectivity index (χ4n) is 0.604. The number of hydrogen-bond acceptors (Lipinski definition) is 2. The molecule has 0 aliphatic carbocycles. The van der Waals surface area contributed by atoms with Crippen LogP contribution in [0.25, 0.3) is 0 Å². The molecule has 0 saturated carbocycles. The van der Waals surface area contributed by atoms with Crippen LogP contribution < -0.4 is 12.4 Å². The quantitative estimate of drug-likeness (QED) is 0.285. The number of aldehydes is 1. The summed E-state index contributed by atoms with van der Waals surface area (Å²) in [6.07, 6.45) is 1.40. The van der Waals surface area contributed by atoms with Gasteiger partial charge in [-0.15, -0.1) is 0 Å². The molecule has 1 unspecified atom stereocenters. The maximum absolute atomic E-state index is 9.92. The Morgan fingerprint density at radius 2 is 1.91 bits per heavy atom. The smallest absolute Gasteiger partial charge is 0.190 e. The van der Waals surface area contributed by atoms with Gasteiger partial charge in [-0.05, 0) is 0 Å². The molecule has 0 spiro atoms. The number of rotatable bonds is 4. The number of aliphatic hydroxyl groups is 1. The summed E-state index contributed by atoms with van der Waals surface area (Å²) in [6.45, 7) is 0. The van der Waals surface area contributed by atoms with Crippen molar-refractivity contribution in [3.8, 4) is 0 Å². The van der Waals surface area contributed by atoms with E-state index in [1.54, 1.807) is 0 Å². The van der Waals surface area contributed by atoms with Crippen LogP contribution in [0.5, 0.6) is 0 Å². The Morgan fingerprint density at radius 3 is 2.18 bits per heavy atom. The molecule has 0 aliphatic heterocycles. The van der Waals surface area contributed by atoms with Crippen molar-refractivity contribution in [3.05, 3.63) is 0 Å². The van der Waals surface area contributed by atoms with Crippen molar-refractivity contribution in [2.75, 3.05) is 21.1 Å². The van der Waals surface area contributed by atoms with Crippen LogP contribution in [0.4, 0.5) is 0 Å². The van der Waals surface area contributed by atoms with Crippen LogP contribution in [0, 0.1) is 0 Å². The topological polar surface area (TPSA) is 37.3 Å². The molecule has 3 nitrogen and oxygen atoms in total. The van der Waals surface area contributed by atoms with E-state index in [0.29, 0.717) is 17.3 Å². The van der Waals surface area contributed by atoms with E-state index in [-0.39, 0.29) is 12.4 Å². The van der Waals surface area contributed by atoms with Gasteiger partial charge in [0.25, 0.3) is 0 Å². The second-order valence-electron chi connectivity index (χ2n) is 3.34. The molecule has 0 bridgehead atoms. The van der Waals surface area contributed by atoms with E-state index >= 15 is 0 Å². The summed E-state index contributed by atoms with van der Waals surface area (Å²) in [7, 11) is 5.69. The number of aliphatic hydroxyl groups excluding tert-OH is 1. The van der Waals surface area contributed by atoms with Gasteiger partial charge in [0.1, 0.15) is 6.29 Å². The SMILES string of the molecule is C[N+](C)(C)C(O)CCC=O.[Cl-]. The summed E-state index contributed by atoms with van der Waals surface area (Å²) in [5.41, 5.74) is 0. The van der Waals surface area contributed by atoms with Gasteiger partial charge in [0.2, 0.25) is 0 Å². The lowest BCUT2D eigenvalue weighted by molar-refractivity contribution is -0.919. The highest BCUT2D eigenvalue weighted by atomic mass is 35.5. The van der Waals surface area contributed by atoms with Gasteiger partial charge >= 0.3 is 0 Å². The summed E-state index contributed by atoms with van der Waals surface area (Å²) in [5, 5.41) is 9.33. The number of nitrogens with zero attached hydrogens (tertiary/aromatic N) is 1. The van der Waals surface area contributed by atoms with Gasteiger partial charge < -0.3 is 26.8 Å². The van der Waals surface area contributed by atoms with Gasteiger partial charge in [-0.1, -0.05) is 0 Å². The van der Waals surface area contributed by atoms with Crippen LogP contribution in [0.2, 0.25) is 0 Å². The fourth-order valence-corrected chi connectivity index (χ4v) is 0.604. The standard InChI is InChI=1S/C7H16NO2.ClH/c1-8(2,3)7(10)5-4-6-9;/h6-7,10H,4-5H2,1-3H3;1H/q+1;/p-1. The fraction of sp³-hybridized carbons (Fsp3) is 0.857. The molecule has 0 amide bonds. The van der Waals surface area contributed by atoms with E-state index < -0.39 is 6.23 Å². The van der Waals surface area contributed by atoms with Crippen LogP contribution in [0.1, 0.15) is 12.8 Å². The molecule has 0 radical (unpaired) electrons. The zero-order valence-corrected chi connectivity index (χ0v) is 8.01. The van der Waals surface area contributed by atoms with Crippen molar-refractivity contribution in [1.29, 1.82) is 0 Å². The molecular weight excluding hydrogens is 166 g/mol. The van der Waals surface area contributed by atoms with Crippen molar-refractivity contribution in [2.45, 2.75) is 19.1 Å². The molecule has 68 valence electrons.